The van der Waals surface area contributed by atoms with Crippen LogP contribution in [0.2, 0.25) is 0 Å². The largest absolute Gasteiger partial charge is 0.507 e. The van der Waals surface area contributed by atoms with Gasteiger partial charge >= 0.3 is 0 Å². The molecule has 21 heteroatoms. The number of phenols is 2. The van der Waals surface area contributed by atoms with Gasteiger partial charge in [0.15, 0.2) is 11.5 Å². The first-order valence-electron chi connectivity index (χ1n) is 26.2. The Morgan fingerprint density at radius 3 is 1.04 bits per heavy atom. The second-order valence-electron chi connectivity index (χ2n) is 17.2. The van der Waals surface area contributed by atoms with Crippen LogP contribution < -0.4 is 14.9 Å². The quantitative estimate of drug-likeness (QED) is 0.0396. The van der Waals surface area contributed by atoms with Crippen LogP contribution in [-0.2, 0) is 83.9 Å². The topological polar surface area (TPSA) is 228 Å². The van der Waals surface area contributed by atoms with E-state index in [2.05, 4.69) is 0 Å². The van der Waals surface area contributed by atoms with E-state index in [-0.39, 0.29) is 52.4 Å². The third kappa shape index (κ3) is 29.1. The van der Waals surface area contributed by atoms with Crippen LogP contribution in [0.5, 0.6) is 23.0 Å². The van der Waals surface area contributed by atoms with Gasteiger partial charge in [-0.3, -0.25) is 4.79 Å². The van der Waals surface area contributed by atoms with Crippen molar-refractivity contribution in [2.45, 2.75) is 40.5 Å². The summed E-state index contributed by atoms with van der Waals surface area (Å²) >= 11 is 0. The summed E-state index contributed by atoms with van der Waals surface area (Å²) in [4.78, 5) is 14.1. The number of ether oxygens (including phenoxy) is 17. The highest BCUT2D eigenvalue weighted by Crippen LogP contribution is 2.41. The molecule has 3 aromatic rings. The number of aromatic hydroxyl groups is 2. The molecule has 0 radical (unpaired) electrons. The molecule has 0 fully saturated rings. The Bertz CT molecular complexity index is 2070. The average molecular weight is 1090 g/mol. The van der Waals surface area contributed by atoms with Crippen LogP contribution in [0.3, 0.4) is 0 Å². The van der Waals surface area contributed by atoms with Gasteiger partial charge in [-0.15, -0.1) is 0 Å². The lowest BCUT2D eigenvalue weighted by Crippen LogP contribution is -2.16. The van der Waals surface area contributed by atoms with E-state index < -0.39 is 5.43 Å². The lowest BCUT2D eigenvalue weighted by atomic mass is 9.98. The maximum atomic E-state index is 14.1. The third-order valence-corrected chi connectivity index (χ3v) is 10.7. The smallest absolute Gasteiger partial charge is 0.204 e. The highest BCUT2D eigenvalue weighted by Gasteiger charge is 2.24. The maximum Gasteiger partial charge on any atom is 0.204 e. The number of allylic oxidation sites excluding steroid dienone is 4. The Labute approximate surface area is 448 Å². The van der Waals surface area contributed by atoms with Crippen molar-refractivity contribution < 1.29 is 95.2 Å². The molecule has 0 saturated heterocycles. The fraction of sp³-hybridized carbons (Fsp3) is 0.691. The Kier molecular flexibility index (Phi) is 38.3. The molecule has 3 rings (SSSR count). The van der Waals surface area contributed by atoms with Gasteiger partial charge in [0, 0.05) is 30.4 Å². The zero-order valence-corrected chi connectivity index (χ0v) is 46.1. The van der Waals surface area contributed by atoms with E-state index in [9.17, 15) is 15.0 Å². The molecule has 21 nitrogen and oxygen atoms in total. The lowest BCUT2D eigenvalue weighted by molar-refractivity contribution is -0.0299. The van der Waals surface area contributed by atoms with Crippen LogP contribution in [-0.4, -0.2) is 223 Å². The molecule has 2 N–H and O–H groups in total. The van der Waals surface area contributed by atoms with E-state index in [1.165, 1.54) is 13.2 Å². The van der Waals surface area contributed by atoms with Gasteiger partial charge in [-0.2, -0.15) is 0 Å². The van der Waals surface area contributed by atoms with Gasteiger partial charge in [0.2, 0.25) is 5.43 Å². The first-order valence-corrected chi connectivity index (χ1v) is 26.2. The number of rotatable bonds is 51. The summed E-state index contributed by atoms with van der Waals surface area (Å²) in [6, 6.07) is 2.95. The zero-order chi connectivity index (χ0) is 54.7. The third-order valence-electron chi connectivity index (χ3n) is 10.7. The SMILES string of the molecule is COCCOCCOCCOCCOCCOCCOCCOCCOCCOCCOCCOCCOCCOCCOCCOc1cc2oc3cc(O)c(OC)c(CC=C(C)C)c3c(=O)c2c(O)c1CC=C(C)C. The molecular weight excluding hydrogens is 997 g/mol. The predicted molar refractivity (Wildman–Crippen MR) is 285 cm³/mol. The molecule has 0 saturated carbocycles. The monoisotopic (exact) mass is 1080 g/mol. The molecule has 2 aromatic carbocycles. The van der Waals surface area contributed by atoms with Crippen molar-refractivity contribution in [3.63, 3.8) is 0 Å². The standard InChI is InChI=1S/C55H88O21/c1-43(2)7-9-45-48(42-50-52(53(45)57)54(58)51-46(10-8-44(3)4)55(60-6)47(56)41-49(51)76-50)75-40-39-74-38-37-73-36-35-72-34-33-71-32-31-70-30-29-69-28-27-68-26-25-67-24-23-66-22-21-65-20-19-64-18-17-63-16-15-62-14-13-61-12-11-59-5/h7-8,41-42,56-57H,9-40H2,1-6H3. The van der Waals surface area contributed by atoms with Gasteiger partial charge in [-0.05, 0) is 40.5 Å². The summed E-state index contributed by atoms with van der Waals surface area (Å²) in [5.41, 5.74) is 2.85. The average Bonchev–Trinajstić information content (AvgIpc) is 3.40. The Hall–Kier alpha value is -4.01. The van der Waals surface area contributed by atoms with E-state index in [4.69, 9.17) is 84.9 Å². The summed E-state index contributed by atoms with van der Waals surface area (Å²) in [5.74, 6) is 0.160. The summed E-state index contributed by atoms with van der Waals surface area (Å²) in [6.07, 6.45) is 4.52. The van der Waals surface area contributed by atoms with Crippen LogP contribution in [0.15, 0.2) is 44.6 Å². The molecular formula is C55H88O21. The molecule has 1 heterocycles. The maximum absolute atomic E-state index is 14.1. The van der Waals surface area contributed by atoms with Crippen molar-refractivity contribution in [3.8, 4) is 23.0 Å². The fourth-order valence-corrected chi connectivity index (χ4v) is 6.89. The fourth-order valence-electron chi connectivity index (χ4n) is 6.89. The van der Waals surface area contributed by atoms with E-state index >= 15 is 0 Å². The minimum atomic E-state index is -0.430. The minimum Gasteiger partial charge on any atom is -0.507 e. The minimum absolute atomic E-state index is 0.0284. The van der Waals surface area contributed by atoms with Crippen molar-refractivity contribution in [2.75, 3.05) is 212 Å². The number of hydrogen-bond donors (Lipinski definition) is 2. The first-order chi connectivity index (χ1) is 37.2. The second kappa shape index (κ2) is 43.9. The van der Waals surface area contributed by atoms with Gasteiger partial charge in [-0.1, -0.05) is 23.3 Å². The Morgan fingerprint density at radius 2 is 0.724 bits per heavy atom. The van der Waals surface area contributed by atoms with Gasteiger partial charge in [0.05, 0.1) is 204 Å². The van der Waals surface area contributed by atoms with E-state index in [1.54, 1.807) is 13.2 Å². The molecule has 0 atom stereocenters. The molecule has 0 aliphatic heterocycles. The molecule has 0 aliphatic rings. The molecule has 434 valence electrons. The number of hydrogen-bond acceptors (Lipinski definition) is 21. The van der Waals surface area contributed by atoms with Crippen LogP contribution >= 0.6 is 0 Å². The molecule has 0 spiro atoms. The van der Waals surface area contributed by atoms with Gasteiger partial charge in [0.1, 0.15) is 34.7 Å². The van der Waals surface area contributed by atoms with E-state index in [0.717, 1.165) is 11.1 Å². The number of fused-ring (bicyclic) bond motifs is 2. The molecule has 76 heavy (non-hydrogen) atoms. The highest BCUT2D eigenvalue weighted by atomic mass is 16.6. The van der Waals surface area contributed by atoms with Crippen LogP contribution in [0.25, 0.3) is 21.9 Å². The van der Waals surface area contributed by atoms with Crippen molar-refractivity contribution in [2.24, 2.45) is 0 Å². The normalized spacial score (nSPS) is 11.6. The molecule has 0 bridgehead atoms. The van der Waals surface area contributed by atoms with Crippen molar-refractivity contribution in [1.29, 1.82) is 0 Å². The van der Waals surface area contributed by atoms with Crippen molar-refractivity contribution in [1.82, 2.24) is 0 Å². The van der Waals surface area contributed by atoms with E-state index in [1.807, 2.05) is 39.8 Å². The predicted octanol–water partition coefficient (Wildman–Crippen LogP) is 5.64. The molecule has 0 amide bonds. The summed E-state index contributed by atoms with van der Waals surface area (Å²) < 4.78 is 99.9. The summed E-state index contributed by atoms with van der Waals surface area (Å²) in [5, 5.41) is 22.6. The second-order valence-corrected chi connectivity index (χ2v) is 17.2. The van der Waals surface area contributed by atoms with Crippen LogP contribution in [0.1, 0.15) is 38.8 Å². The highest BCUT2D eigenvalue weighted by molar-refractivity contribution is 5.97. The van der Waals surface area contributed by atoms with Crippen molar-refractivity contribution in [3.05, 3.63) is 56.8 Å². The Morgan fingerprint density at radius 1 is 0.421 bits per heavy atom. The molecule has 0 aliphatic carbocycles. The zero-order valence-electron chi connectivity index (χ0n) is 46.1. The number of phenolic OH excluding ortho intramolecular Hbond substituents is 2. The van der Waals surface area contributed by atoms with Crippen molar-refractivity contribution >= 4 is 21.9 Å². The number of benzene rings is 2. The van der Waals surface area contributed by atoms with Gasteiger partial charge in [-0.25, -0.2) is 0 Å². The summed E-state index contributed by atoms with van der Waals surface area (Å²) in [7, 11) is 3.07. The Balaban J connectivity index is 1.08. The lowest BCUT2D eigenvalue weighted by Gasteiger charge is -2.16. The molecule has 0 unspecified atom stereocenters. The molecule has 1 aromatic heterocycles. The first kappa shape index (κ1) is 66.3. The van der Waals surface area contributed by atoms with Gasteiger partial charge < -0.3 is 95.2 Å². The summed E-state index contributed by atoms with van der Waals surface area (Å²) in [6.45, 7) is 21.6. The van der Waals surface area contributed by atoms with E-state index in [0.29, 0.717) is 215 Å². The van der Waals surface area contributed by atoms with Gasteiger partial charge in [0.25, 0.3) is 0 Å². The van der Waals surface area contributed by atoms with Crippen LogP contribution in [0, 0.1) is 0 Å². The number of methoxy groups -OCH3 is 2. The van der Waals surface area contributed by atoms with Crippen LogP contribution in [0.4, 0.5) is 0 Å².